The molecular weight excluding hydrogens is 270 g/mol. The van der Waals surface area contributed by atoms with Crippen molar-refractivity contribution < 1.29 is 4.74 Å². The minimum absolute atomic E-state index is 0.693. The number of hydrogen-bond acceptors (Lipinski definition) is 1. The van der Waals surface area contributed by atoms with E-state index in [2.05, 4.69) is 67.1 Å². The van der Waals surface area contributed by atoms with Crippen LogP contribution in [0.5, 0.6) is 5.75 Å². The summed E-state index contributed by atoms with van der Waals surface area (Å²) in [5, 5.41) is 0. The molecule has 0 aliphatic rings. The molecule has 1 heterocycles. The lowest BCUT2D eigenvalue weighted by Gasteiger charge is -2.10. The van der Waals surface area contributed by atoms with Crippen molar-refractivity contribution in [1.82, 2.24) is 4.57 Å². The summed E-state index contributed by atoms with van der Waals surface area (Å²) < 4.78 is 7.76. The highest BCUT2D eigenvalue weighted by molar-refractivity contribution is 5.65. The first-order valence-corrected chi connectivity index (χ1v) is 7.66. The third-order valence-electron chi connectivity index (χ3n) is 3.73. The van der Waals surface area contributed by atoms with Gasteiger partial charge in [-0.25, -0.2) is 0 Å². The number of nitrogens with zero attached hydrogens (tertiary/aromatic N) is 1. The summed E-state index contributed by atoms with van der Waals surface area (Å²) in [6.07, 6.45) is 2.18. The third kappa shape index (κ3) is 2.91. The van der Waals surface area contributed by atoms with E-state index < -0.39 is 0 Å². The summed E-state index contributed by atoms with van der Waals surface area (Å²) in [5.41, 5.74) is 6.10. The van der Waals surface area contributed by atoms with Gasteiger partial charge in [-0.1, -0.05) is 17.7 Å². The summed E-state index contributed by atoms with van der Waals surface area (Å²) in [7, 11) is 0. The molecule has 0 amide bonds. The Labute approximate surface area is 132 Å². The van der Waals surface area contributed by atoms with Crippen LogP contribution < -0.4 is 4.74 Å². The molecule has 2 aromatic carbocycles. The topological polar surface area (TPSA) is 14.2 Å². The van der Waals surface area contributed by atoms with E-state index in [1.807, 2.05) is 19.1 Å². The van der Waals surface area contributed by atoms with Crippen LogP contribution in [0, 0.1) is 13.8 Å². The standard InChI is InChI=1S/C20H21NO/c1-4-22-19-11-7-17(8-12-19)20-13-16(3)14-21(20)18-9-5-15(2)6-10-18/h5-14H,4H2,1-3H3. The van der Waals surface area contributed by atoms with Gasteiger partial charge in [-0.3, -0.25) is 0 Å². The Morgan fingerprint density at radius 3 is 2.18 bits per heavy atom. The molecule has 0 aliphatic heterocycles. The van der Waals surface area contributed by atoms with E-state index in [-0.39, 0.29) is 0 Å². The minimum atomic E-state index is 0.693. The molecule has 112 valence electrons. The number of aromatic nitrogens is 1. The Hall–Kier alpha value is -2.48. The zero-order valence-electron chi connectivity index (χ0n) is 13.3. The molecule has 0 unspecified atom stereocenters. The first-order valence-electron chi connectivity index (χ1n) is 7.66. The molecule has 3 rings (SSSR count). The maximum Gasteiger partial charge on any atom is 0.119 e. The average Bonchev–Trinajstić information content (AvgIpc) is 2.91. The maximum absolute atomic E-state index is 5.52. The van der Waals surface area contributed by atoms with E-state index in [1.165, 1.54) is 28.1 Å². The molecule has 0 atom stereocenters. The van der Waals surface area contributed by atoms with Gasteiger partial charge in [0.25, 0.3) is 0 Å². The van der Waals surface area contributed by atoms with Crippen molar-refractivity contribution >= 4 is 0 Å². The Morgan fingerprint density at radius 1 is 0.864 bits per heavy atom. The fourth-order valence-electron chi connectivity index (χ4n) is 2.63. The van der Waals surface area contributed by atoms with Gasteiger partial charge in [-0.05, 0) is 74.4 Å². The fourth-order valence-corrected chi connectivity index (χ4v) is 2.63. The number of aryl methyl sites for hydroxylation is 2. The fraction of sp³-hybridized carbons (Fsp3) is 0.200. The normalized spacial score (nSPS) is 10.7. The van der Waals surface area contributed by atoms with Gasteiger partial charge in [0.05, 0.1) is 12.3 Å². The third-order valence-corrected chi connectivity index (χ3v) is 3.73. The van der Waals surface area contributed by atoms with Crippen LogP contribution in [0.1, 0.15) is 18.1 Å². The van der Waals surface area contributed by atoms with Gasteiger partial charge in [-0.2, -0.15) is 0 Å². The van der Waals surface area contributed by atoms with Gasteiger partial charge < -0.3 is 9.30 Å². The second-order valence-electron chi connectivity index (χ2n) is 5.57. The molecule has 0 saturated heterocycles. The monoisotopic (exact) mass is 291 g/mol. The summed E-state index contributed by atoms with van der Waals surface area (Å²) in [6.45, 7) is 6.93. The first kappa shape index (κ1) is 14.5. The highest BCUT2D eigenvalue weighted by Crippen LogP contribution is 2.27. The lowest BCUT2D eigenvalue weighted by Crippen LogP contribution is -1.95. The smallest absolute Gasteiger partial charge is 0.119 e. The Bertz CT molecular complexity index is 751. The predicted molar refractivity (Wildman–Crippen MR) is 91.8 cm³/mol. The van der Waals surface area contributed by atoms with Crippen LogP contribution in [0.15, 0.2) is 60.8 Å². The van der Waals surface area contributed by atoms with Crippen LogP contribution in [0.25, 0.3) is 16.9 Å². The van der Waals surface area contributed by atoms with E-state index in [9.17, 15) is 0 Å². The SMILES string of the molecule is CCOc1ccc(-c2cc(C)cn2-c2ccc(C)cc2)cc1. The van der Waals surface area contributed by atoms with Crippen LogP contribution >= 0.6 is 0 Å². The van der Waals surface area contributed by atoms with Crippen molar-refractivity contribution in [3.8, 4) is 22.7 Å². The number of hydrogen-bond donors (Lipinski definition) is 0. The average molecular weight is 291 g/mol. The second-order valence-corrected chi connectivity index (χ2v) is 5.57. The van der Waals surface area contributed by atoms with Crippen molar-refractivity contribution in [3.63, 3.8) is 0 Å². The molecule has 0 radical (unpaired) electrons. The van der Waals surface area contributed by atoms with Crippen LogP contribution in [-0.2, 0) is 0 Å². The second kappa shape index (κ2) is 6.10. The summed E-state index contributed by atoms with van der Waals surface area (Å²) >= 11 is 0. The molecule has 2 nitrogen and oxygen atoms in total. The molecular formula is C20H21NO. The lowest BCUT2D eigenvalue weighted by atomic mass is 10.1. The van der Waals surface area contributed by atoms with E-state index in [0.29, 0.717) is 6.61 Å². The molecule has 0 N–H and O–H groups in total. The van der Waals surface area contributed by atoms with Gasteiger partial charge >= 0.3 is 0 Å². The van der Waals surface area contributed by atoms with Crippen LogP contribution in [-0.4, -0.2) is 11.2 Å². The molecule has 3 aromatic rings. The quantitative estimate of drug-likeness (QED) is 0.647. The molecule has 22 heavy (non-hydrogen) atoms. The van der Waals surface area contributed by atoms with Gasteiger partial charge in [0.15, 0.2) is 0 Å². The highest BCUT2D eigenvalue weighted by atomic mass is 16.5. The Balaban J connectivity index is 2.02. The minimum Gasteiger partial charge on any atom is -0.494 e. The zero-order valence-corrected chi connectivity index (χ0v) is 13.3. The molecule has 2 heteroatoms. The van der Waals surface area contributed by atoms with Gasteiger partial charge in [0.1, 0.15) is 5.75 Å². The zero-order chi connectivity index (χ0) is 15.5. The maximum atomic E-state index is 5.52. The van der Waals surface area contributed by atoms with E-state index in [4.69, 9.17) is 4.74 Å². The molecule has 0 fully saturated rings. The van der Waals surface area contributed by atoms with Crippen molar-refractivity contribution in [1.29, 1.82) is 0 Å². The first-order chi connectivity index (χ1) is 10.7. The lowest BCUT2D eigenvalue weighted by molar-refractivity contribution is 0.340. The Morgan fingerprint density at radius 2 is 1.55 bits per heavy atom. The van der Waals surface area contributed by atoms with E-state index in [1.54, 1.807) is 0 Å². The summed E-state index contributed by atoms with van der Waals surface area (Å²) in [4.78, 5) is 0. The Kier molecular flexibility index (Phi) is 4.01. The van der Waals surface area contributed by atoms with Gasteiger partial charge in [0, 0.05) is 11.9 Å². The van der Waals surface area contributed by atoms with Gasteiger partial charge in [-0.15, -0.1) is 0 Å². The molecule has 0 bridgehead atoms. The summed E-state index contributed by atoms with van der Waals surface area (Å²) in [5.74, 6) is 0.913. The summed E-state index contributed by atoms with van der Waals surface area (Å²) in [6, 6.07) is 19.1. The molecule has 1 aromatic heterocycles. The molecule has 0 aliphatic carbocycles. The predicted octanol–water partition coefficient (Wildman–Crippen LogP) is 5.16. The highest BCUT2D eigenvalue weighted by Gasteiger charge is 2.08. The van der Waals surface area contributed by atoms with Crippen LogP contribution in [0.2, 0.25) is 0 Å². The largest absolute Gasteiger partial charge is 0.494 e. The van der Waals surface area contributed by atoms with Crippen molar-refractivity contribution in [3.05, 3.63) is 71.9 Å². The van der Waals surface area contributed by atoms with Crippen molar-refractivity contribution in [2.75, 3.05) is 6.61 Å². The molecule has 0 saturated carbocycles. The number of benzene rings is 2. The van der Waals surface area contributed by atoms with E-state index >= 15 is 0 Å². The molecule has 0 spiro atoms. The van der Waals surface area contributed by atoms with Crippen LogP contribution in [0.4, 0.5) is 0 Å². The van der Waals surface area contributed by atoms with Crippen molar-refractivity contribution in [2.45, 2.75) is 20.8 Å². The number of rotatable bonds is 4. The number of ether oxygens (including phenoxy) is 1. The van der Waals surface area contributed by atoms with Crippen LogP contribution in [0.3, 0.4) is 0 Å². The van der Waals surface area contributed by atoms with E-state index in [0.717, 1.165) is 5.75 Å². The van der Waals surface area contributed by atoms with Crippen molar-refractivity contribution in [2.24, 2.45) is 0 Å². The van der Waals surface area contributed by atoms with Gasteiger partial charge in [0.2, 0.25) is 0 Å².